The molecule has 1 fully saturated rings. The van der Waals surface area contributed by atoms with Crippen LogP contribution in [0.2, 0.25) is 0 Å². The highest BCUT2D eigenvalue weighted by atomic mass is 32.2. The highest BCUT2D eigenvalue weighted by Crippen LogP contribution is 2.31. The number of hydrogen-bond acceptors (Lipinski definition) is 3. The Labute approximate surface area is 95.7 Å². The fourth-order valence-corrected chi connectivity index (χ4v) is 3.45. The third-order valence-corrected chi connectivity index (χ3v) is 5.01. The van der Waals surface area contributed by atoms with Crippen molar-refractivity contribution in [1.82, 2.24) is 14.9 Å². The van der Waals surface area contributed by atoms with E-state index < -0.39 is 10.0 Å². The minimum absolute atomic E-state index is 0.0508. The SMILES string of the molecule is CC1CCC(NS(=O)(=O)c2cn[nH]c2)C1C. The summed E-state index contributed by atoms with van der Waals surface area (Å²) in [5.41, 5.74) is 0. The molecule has 0 amide bonds. The van der Waals surface area contributed by atoms with Gasteiger partial charge in [-0.05, 0) is 24.7 Å². The summed E-state index contributed by atoms with van der Waals surface area (Å²) in [6.07, 6.45) is 4.72. The van der Waals surface area contributed by atoms with Gasteiger partial charge in [-0.25, -0.2) is 13.1 Å². The molecule has 16 heavy (non-hydrogen) atoms. The van der Waals surface area contributed by atoms with Gasteiger partial charge in [0, 0.05) is 12.2 Å². The largest absolute Gasteiger partial charge is 0.284 e. The topological polar surface area (TPSA) is 74.8 Å². The van der Waals surface area contributed by atoms with Gasteiger partial charge in [0.25, 0.3) is 0 Å². The molecule has 1 saturated carbocycles. The zero-order valence-electron chi connectivity index (χ0n) is 9.47. The third-order valence-electron chi connectivity index (χ3n) is 3.56. The van der Waals surface area contributed by atoms with Crippen LogP contribution in [0, 0.1) is 11.8 Å². The van der Waals surface area contributed by atoms with E-state index in [1.165, 1.54) is 12.4 Å². The molecule has 1 aliphatic rings. The Bertz CT molecular complexity index is 441. The number of nitrogens with zero attached hydrogens (tertiary/aromatic N) is 1. The zero-order chi connectivity index (χ0) is 11.8. The Kier molecular flexibility index (Phi) is 3.03. The molecule has 2 N–H and O–H groups in total. The van der Waals surface area contributed by atoms with Crippen LogP contribution in [0.4, 0.5) is 0 Å². The maximum Gasteiger partial charge on any atom is 0.243 e. The maximum atomic E-state index is 11.9. The van der Waals surface area contributed by atoms with E-state index in [1.807, 2.05) is 0 Å². The first-order valence-corrected chi connectivity index (χ1v) is 7.00. The van der Waals surface area contributed by atoms with Gasteiger partial charge in [0.2, 0.25) is 10.0 Å². The first-order valence-electron chi connectivity index (χ1n) is 5.52. The lowest BCUT2D eigenvalue weighted by Crippen LogP contribution is -2.37. The van der Waals surface area contributed by atoms with Crippen molar-refractivity contribution in [3.63, 3.8) is 0 Å². The summed E-state index contributed by atoms with van der Waals surface area (Å²) in [6, 6.07) is 0.0508. The fourth-order valence-electron chi connectivity index (χ4n) is 2.18. The minimum atomic E-state index is -3.40. The van der Waals surface area contributed by atoms with Crippen LogP contribution < -0.4 is 4.72 Å². The van der Waals surface area contributed by atoms with Crippen LogP contribution in [-0.4, -0.2) is 24.7 Å². The molecule has 3 unspecified atom stereocenters. The van der Waals surface area contributed by atoms with Crippen LogP contribution in [-0.2, 0) is 10.0 Å². The predicted molar refractivity (Wildman–Crippen MR) is 60.3 cm³/mol. The summed E-state index contributed by atoms with van der Waals surface area (Å²) in [4.78, 5) is 0.208. The normalized spacial score (nSPS) is 30.8. The summed E-state index contributed by atoms with van der Waals surface area (Å²) in [5.74, 6) is 0.971. The number of aromatic amines is 1. The van der Waals surface area contributed by atoms with Crippen molar-refractivity contribution in [2.75, 3.05) is 0 Å². The average molecular weight is 243 g/mol. The van der Waals surface area contributed by atoms with Crippen LogP contribution in [0.25, 0.3) is 0 Å². The van der Waals surface area contributed by atoms with Gasteiger partial charge in [-0.15, -0.1) is 0 Å². The van der Waals surface area contributed by atoms with E-state index in [1.54, 1.807) is 0 Å². The second-order valence-electron chi connectivity index (χ2n) is 4.58. The van der Waals surface area contributed by atoms with E-state index in [0.717, 1.165) is 12.8 Å². The molecule has 1 aromatic heterocycles. The first-order chi connectivity index (χ1) is 7.50. The van der Waals surface area contributed by atoms with Gasteiger partial charge < -0.3 is 0 Å². The molecule has 1 aromatic rings. The predicted octanol–water partition coefficient (Wildman–Crippen LogP) is 1.12. The summed E-state index contributed by atoms with van der Waals surface area (Å²) in [5, 5.41) is 6.16. The van der Waals surface area contributed by atoms with E-state index in [4.69, 9.17) is 0 Å². The Morgan fingerprint density at radius 3 is 2.69 bits per heavy atom. The van der Waals surface area contributed by atoms with Crippen LogP contribution >= 0.6 is 0 Å². The summed E-state index contributed by atoms with van der Waals surface area (Å²) in [7, 11) is -3.40. The Morgan fingerprint density at radius 1 is 1.44 bits per heavy atom. The van der Waals surface area contributed by atoms with E-state index in [0.29, 0.717) is 11.8 Å². The molecule has 0 aromatic carbocycles. The van der Waals surface area contributed by atoms with E-state index in [2.05, 4.69) is 28.8 Å². The second kappa shape index (κ2) is 4.18. The number of sulfonamides is 1. The number of H-pyrrole nitrogens is 1. The van der Waals surface area contributed by atoms with Crippen molar-refractivity contribution >= 4 is 10.0 Å². The van der Waals surface area contributed by atoms with Gasteiger partial charge in [-0.1, -0.05) is 13.8 Å². The van der Waals surface area contributed by atoms with Gasteiger partial charge in [0.05, 0.1) is 6.20 Å². The van der Waals surface area contributed by atoms with Gasteiger partial charge in [-0.2, -0.15) is 5.10 Å². The van der Waals surface area contributed by atoms with E-state index >= 15 is 0 Å². The second-order valence-corrected chi connectivity index (χ2v) is 6.29. The molecule has 2 rings (SSSR count). The molecule has 0 spiro atoms. The van der Waals surface area contributed by atoms with Crippen molar-refractivity contribution in [1.29, 1.82) is 0 Å². The molecule has 0 radical (unpaired) electrons. The summed E-state index contributed by atoms with van der Waals surface area (Å²) in [6.45, 7) is 4.26. The van der Waals surface area contributed by atoms with Crippen molar-refractivity contribution in [3.8, 4) is 0 Å². The van der Waals surface area contributed by atoms with Gasteiger partial charge in [0.1, 0.15) is 4.90 Å². The lowest BCUT2D eigenvalue weighted by molar-refractivity contribution is 0.402. The molecule has 3 atom stereocenters. The highest BCUT2D eigenvalue weighted by Gasteiger charge is 2.33. The molecule has 5 nitrogen and oxygen atoms in total. The smallest absolute Gasteiger partial charge is 0.243 e. The van der Waals surface area contributed by atoms with Crippen LogP contribution in [0.1, 0.15) is 26.7 Å². The number of nitrogens with one attached hydrogen (secondary N) is 2. The van der Waals surface area contributed by atoms with Crippen LogP contribution in [0.3, 0.4) is 0 Å². The minimum Gasteiger partial charge on any atom is -0.284 e. The van der Waals surface area contributed by atoms with Crippen molar-refractivity contribution in [2.24, 2.45) is 11.8 Å². The molecular weight excluding hydrogens is 226 g/mol. The van der Waals surface area contributed by atoms with Crippen LogP contribution in [0.15, 0.2) is 17.3 Å². The summed E-state index contributed by atoms with van der Waals surface area (Å²) < 4.78 is 26.6. The average Bonchev–Trinajstić information content (AvgIpc) is 2.83. The number of aromatic nitrogens is 2. The lowest BCUT2D eigenvalue weighted by atomic mass is 9.98. The third kappa shape index (κ3) is 2.12. The van der Waals surface area contributed by atoms with Crippen molar-refractivity contribution in [3.05, 3.63) is 12.4 Å². The molecule has 0 aliphatic heterocycles. The van der Waals surface area contributed by atoms with Gasteiger partial charge >= 0.3 is 0 Å². The standard InChI is InChI=1S/C10H17N3O2S/c1-7-3-4-10(8(7)2)13-16(14,15)9-5-11-12-6-9/h5-8,10,13H,3-4H2,1-2H3,(H,11,12). The first kappa shape index (κ1) is 11.6. The zero-order valence-corrected chi connectivity index (χ0v) is 10.3. The van der Waals surface area contributed by atoms with E-state index in [9.17, 15) is 8.42 Å². The number of hydrogen-bond donors (Lipinski definition) is 2. The molecule has 0 saturated heterocycles. The Morgan fingerprint density at radius 2 is 2.19 bits per heavy atom. The van der Waals surface area contributed by atoms with Gasteiger partial charge in [-0.3, -0.25) is 5.10 Å². The van der Waals surface area contributed by atoms with E-state index in [-0.39, 0.29) is 10.9 Å². The molecule has 90 valence electrons. The van der Waals surface area contributed by atoms with Gasteiger partial charge in [0.15, 0.2) is 0 Å². The molecule has 0 bridgehead atoms. The monoisotopic (exact) mass is 243 g/mol. The Hall–Kier alpha value is -0.880. The lowest BCUT2D eigenvalue weighted by Gasteiger charge is -2.18. The Balaban J connectivity index is 2.11. The maximum absolute atomic E-state index is 11.9. The molecule has 1 aliphatic carbocycles. The highest BCUT2D eigenvalue weighted by molar-refractivity contribution is 7.89. The van der Waals surface area contributed by atoms with Crippen molar-refractivity contribution < 1.29 is 8.42 Å². The molecule has 1 heterocycles. The molecule has 6 heteroatoms. The van der Waals surface area contributed by atoms with Crippen LogP contribution in [0.5, 0.6) is 0 Å². The summed E-state index contributed by atoms with van der Waals surface area (Å²) >= 11 is 0. The quantitative estimate of drug-likeness (QED) is 0.835. The molecular formula is C10H17N3O2S. The fraction of sp³-hybridized carbons (Fsp3) is 0.700. The number of rotatable bonds is 3. The van der Waals surface area contributed by atoms with Crippen molar-refractivity contribution in [2.45, 2.75) is 37.6 Å².